The normalized spacial score (nSPS) is 12.0. The molecule has 0 saturated heterocycles. The van der Waals surface area contributed by atoms with E-state index in [4.69, 9.17) is 15.0 Å². The third kappa shape index (κ3) is 28.5. The van der Waals surface area contributed by atoms with Crippen molar-refractivity contribution in [3.63, 3.8) is 0 Å². The van der Waals surface area contributed by atoms with E-state index in [9.17, 15) is 20.4 Å². The third-order valence-corrected chi connectivity index (χ3v) is 21.6. The van der Waals surface area contributed by atoms with Crippen LogP contribution in [-0.4, -0.2) is 52.6 Å². The van der Waals surface area contributed by atoms with E-state index in [0.29, 0.717) is 17.4 Å². The van der Waals surface area contributed by atoms with Crippen molar-refractivity contribution in [2.45, 2.75) is 197 Å². The predicted octanol–water partition coefficient (Wildman–Crippen LogP) is 28.0. The molecule has 0 amide bonds. The van der Waals surface area contributed by atoms with Crippen LogP contribution in [0.1, 0.15) is 175 Å². The number of allylic oxidation sites excluding steroid dienone is 2. The molecule has 1 aliphatic heterocycles. The Balaban J connectivity index is 0.000000204. The molecule has 4 N–H and O–H groups in total. The fourth-order valence-electron chi connectivity index (χ4n) is 15.6. The summed E-state index contributed by atoms with van der Waals surface area (Å²) in [6, 6.07) is 97.3. The standard InChI is InChI=1S/C22H24N.C21H22N.2C19H18N.C11H8N.C11H14O2.C11H22O2.3Ir/c1-14(2)10-17-6-5-7-21-18(17)8-9-22-19-12-15(3)11-16(4)20(19)13-23(21)22;1-14(2)10-17-6-5-7-21-19(17)8-9-20(22-21)18-12-15(3)11-16(4)13-18;2*1-4-15-6-5-7-19-17(15)8-9-18(20-19)16-11-13(2)10-14(3)12-16;1-2-6-10(7-3-1)11-8-4-5-9-12-11;1-8(12)11(9(2)13)10-6-4-3-5-7-10;1-10(2,3)8(12)7-9(13)11(4,5)6;;;/h5-9,11-12,14H,10,13H2,1-4H3;5-9,11-12,14H,10H2,1-4H3;2*5-11H,4H2,1-3H3;1-6,8-9H;3-8,12-13H,1-2H3;7-8,12-13H,1-6H3;;;/q+1;4*-1;;;;;. The van der Waals surface area contributed by atoms with E-state index < -0.39 is 12.2 Å². The number of benzene rings is 10. The van der Waals surface area contributed by atoms with Crippen molar-refractivity contribution in [2.75, 3.05) is 0 Å². The molecule has 3 radical (unpaired) electrons. The average Bonchev–Trinajstić information content (AvgIpc) is 1.59. The average molecular weight is 2210 g/mol. The monoisotopic (exact) mass is 2210 g/mol. The molecule has 15 aromatic rings. The topological polar surface area (TPSA) is 136 Å². The Bertz CT molecular complexity index is 5930. The molecule has 1 aliphatic rings. The van der Waals surface area contributed by atoms with E-state index in [2.05, 4.69) is 301 Å². The second kappa shape index (κ2) is 47.7. The van der Waals surface area contributed by atoms with E-state index in [1.165, 1.54) is 100 Å². The largest absolute Gasteiger partial charge is 0.512 e. The zero-order valence-electron chi connectivity index (χ0n) is 77.6. The Morgan fingerprint density at radius 3 is 1.28 bits per heavy atom. The zero-order valence-corrected chi connectivity index (χ0v) is 84.8. The van der Waals surface area contributed by atoms with Gasteiger partial charge in [-0.1, -0.05) is 258 Å². The molecule has 9 nitrogen and oxygen atoms in total. The number of hydrogen-bond donors (Lipinski definition) is 4. The molecule has 0 aliphatic carbocycles. The van der Waals surface area contributed by atoms with Gasteiger partial charge in [0.25, 0.3) is 0 Å². The van der Waals surface area contributed by atoms with Crippen LogP contribution < -0.4 is 4.57 Å². The summed E-state index contributed by atoms with van der Waals surface area (Å²) in [5, 5.41) is 43.3. The first kappa shape index (κ1) is 103. The SMILES string of the molecule is CC(C)(C)C(O)=CC(O)C(C)(C)C.CC(O)=C(c1ccccc1)C(C)O.CCc1cccc2nc(-c3[c-]c(C)cc(C)c3)ccc12.CCc1cccc2nc(-c3[c-]c(C)cc(C)c3)ccc12.Cc1[c-]c(-c2ccc3c(CC(C)C)cccc3n2)cc(C)c1.Cc1cc(C)c2c(c1)-c1ccc3c(CC(C)C)cccc3[n+]1C2.[Ir].[Ir].[Ir].[c-]1ccccc1-c1ccccn1. The van der Waals surface area contributed by atoms with Crippen LogP contribution in [0.2, 0.25) is 0 Å². The first-order valence-electron chi connectivity index (χ1n) is 43.4. The van der Waals surface area contributed by atoms with Gasteiger partial charge in [-0.3, -0.25) is 15.0 Å². The Kier molecular flexibility index (Phi) is 39.0. The Morgan fingerprint density at radius 1 is 0.444 bits per heavy atom. The molecule has 0 fully saturated rings. The minimum absolute atomic E-state index is 0. The Labute approximate surface area is 792 Å². The Morgan fingerprint density at radius 2 is 0.873 bits per heavy atom. The molecule has 16 rings (SSSR count). The molecule has 661 valence electrons. The summed E-state index contributed by atoms with van der Waals surface area (Å²) in [6.45, 7) is 46.2. The maximum atomic E-state index is 9.68. The van der Waals surface area contributed by atoms with Crippen molar-refractivity contribution in [3.05, 3.63) is 369 Å². The first-order valence-corrected chi connectivity index (χ1v) is 43.4. The summed E-state index contributed by atoms with van der Waals surface area (Å²) in [7, 11) is 0. The van der Waals surface area contributed by atoms with Gasteiger partial charge in [-0.25, -0.2) is 0 Å². The number of aliphatic hydroxyl groups is 4. The smallest absolute Gasteiger partial charge is 0.213 e. The van der Waals surface area contributed by atoms with E-state index in [-0.39, 0.29) is 82.7 Å². The van der Waals surface area contributed by atoms with Crippen molar-refractivity contribution in [2.24, 2.45) is 22.7 Å². The summed E-state index contributed by atoms with van der Waals surface area (Å²) >= 11 is 0. The van der Waals surface area contributed by atoms with Crippen LogP contribution in [0.3, 0.4) is 0 Å². The van der Waals surface area contributed by atoms with Gasteiger partial charge in [0, 0.05) is 117 Å². The molecule has 6 heterocycles. The second-order valence-electron chi connectivity index (χ2n) is 35.6. The van der Waals surface area contributed by atoms with Crippen LogP contribution in [0, 0.1) is 102 Å². The van der Waals surface area contributed by atoms with Gasteiger partial charge in [0.05, 0.1) is 45.8 Å². The summed E-state index contributed by atoms with van der Waals surface area (Å²) in [5.74, 6) is 1.75. The fraction of sp³-hybridized carbons (Fsp3) is 0.289. The van der Waals surface area contributed by atoms with Crippen LogP contribution in [0.4, 0.5) is 0 Å². The van der Waals surface area contributed by atoms with Gasteiger partial charge in [0.2, 0.25) is 11.2 Å². The maximum absolute atomic E-state index is 9.68. The number of hydrogen-bond acceptors (Lipinski definition) is 8. The van der Waals surface area contributed by atoms with Crippen molar-refractivity contribution in [1.82, 2.24) is 19.9 Å². The van der Waals surface area contributed by atoms with Gasteiger partial charge in [0.15, 0.2) is 6.54 Å². The van der Waals surface area contributed by atoms with Crippen molar-refractivity contribution in [3.8, 4) is 56.3 Å². The van der Waals surface area contributed by atoms with Crippen LogP contribution in [0.5, 0.6) is 0 Å². The maximum Gasteiger partial charge on any atom is 0.213 e. The zero-order chi connectivity index (χ0) is 89.0. The van der Waals surface area contributed by atoms with Crippen LogP contribution in [-0.2, 0) is 92.5 Å². The number of fused-ring (bicyclic) bond motifs is 8. The van der Waals surface area contributed by atoms with Gasteiger partial charge >= 0.3 is 0 Å². The molecule has 10 aromatic carbocycles. The number of aromatic nitrogens is 5. The molecule has 2 atom stereocenters. The molecule has 0 bridgehead atoms. The molecule has 0 saturated carbocycles. The predicted molar refractivity (Wildman–Crippen MR) is 518 cm³/mol. The molecular weight excluding hydrogens is 2080 g/mol. The first-order chi connectivity index (χ1) is 58.5. The number of aliphatic hydroxyl groups excluding tert-OH is 4. The summed E-state index contributed by atoms with van der Waals surface area (Å²) in [6.07, 6.45) is 6.37. The minimum Gasteiger partial charge on any atom is -0.512 e. The van der Waals surface area contributed by atoms with Crippen molar-refractivity contribution < 1.29 is 85.3 Å². The van der Waals surface area contributed by atoms with Gasteiger partial charge in [-0.15, -0.1) is 141 Å². The number of pyridine rings is 5. The van der Waals surface area contributed by atoms with Crippen LogP contribution in [0.15, 0.2) is 266 Å². The molecule has 2 unspecified atom stereocenters. The summed E-state index contributed by atoms with van der Waals surface area (Å²) in [4.78, 5) is 18.7. The number of aryl methyl sites for hydroxylation is 10. The van der Waals surface area contributed by atoms with E-state index in [0.717, 1.165) is 116 Å². The van der Waals surface area contributed by atoms with Gasteiger partial charge in [-0.05, 0) is 175 Å². The summed E-state index contributed by atoms with van der Waals surface area (Å²) < 4.78 is 2.50. The molecular formula is C114H126Ir3N5O4-3. The van der Waals surface area contributed by atoms with Gasteiger partial charge in [0.1, 0.15) is 0 Å². The fourth-order valence-corrected chi connectivity index (χ4v) is 15.6. The molecule has 12 heteroatoms. The van der Waals surface area contributed by atoms with Crippen molar-refractivity contribution >= 4 is 49.2 Å². The molecule has 5 aromatic heterocycles. The molecule has 126 heavy (non-hydrogen) atoms. The minimum atomic E-state index is -0.646. The van der Waals surface area contributed by atoms with E-state index in [1.807, 2.05) is 114 Å². The summed E-state index contributed by atoms with van der Waals surface area (Å²) in [5.41, 5.74) is 33.5. The van der Waals surface area contributed by atoms with E-state index >= 15 is 0 Å². The van der Waals surface area contributed by atoms with Gasteiger partial charge in [-0.2, -0.15) is 4.57 Å². The van der Waals surface area contributed by atoms with Crippen LogP contribution >= 0.6 is 0 Å². The van der Waals surface area contributed by atoms with Crippen LogP contribution in [0.25, 0.3) is 105 Å². The van der Waals surface area contributed by atoms with Gasteiger partial charge < -0.3 is 25.4 Å². The quantitative estimate of drug-likeness (QED) is 0.0509. The second-order valence-corrected chi connectivity index (χ2v) is 35.6. The number of nitrogens with zero attached hydrogens (tertiary/aromatic N) is 5. The number of rotatable bonds is 13. The van der Waals surface area contributed by atoms with E-state index in [1.54, 1.807) is 20.0 Å². The van der Waals surface area contributed by atoms with Crippen molar-refractivity contribution in [1.29, 1.82) is 0 Å². The third-order valence-electron chi connectivity index (χ3n) is 21.6. The Hall–Kier alpha value is -10.1. The molecule has 0 spiro atoms.